The van der Waals surface area contributed by atoms with Crippen molar-refractivity contribution >= 4 is 28.2 Å². The molecule has 1 aliphatic heterocycles. The number of nitrogen functional groups attached to an aromatic ring is 1. The van der Waals surface area contributed by atoms with E-state index in [1.807, 2.05) is 11.9 Å². The lowest BCUT2D eigenvalue weighted by molar-refractivity contribution is 0.0680. The average molecular weight is 309 g/mol. The lowest BCUT2D eigenvalue weighted by Crippen LogP contribution is -2.42. The Hall–Kier alpha value is -1.34. The van der Waals surface area contributed by atoms with Gasteiger partial charge >= 0.3 is 0 Å². The predicted molar refractivity (Wildman–Crippen MR) is 85.7 cm³/mol. The molecule has 1 saturated carbocycles. The number of hydrogen-bond donors (Lipinski definition) is 3. The molecule has 2 aliphatic rings. The third-order valence-corrected chi connectivity index (χ3v) is 5.04. The van der Waals surface area contributed by atoms with Crippen LogP contribution < -0.4 is 16.4 Å². The first-order chi connectivity index (χ1) is 10.2. The van der Waals surface area contributed by atoms with Crippen LogP contribution >= 0.6 is 11.3 Å². The highest BCUT2D eigenvalue weighted by Crippen LogP contribution is 2.32. The summed E-state index contributed by atoms with van der Waals surface area (Å²) in [5.41, 5.74) is 5.94. The fourth-order valence-electron chi connectivity index (χ4n) is 2.80. The molecule has 1 atom stereocenters. The first kappa shape index (κ1) is 14.6. The third kappa shape index (κ3) is 3.47. The number of amides is 1. The summed E-state index contributed by atoms with van der Waals surface area (Å²) in [7, 11) is 1.96. The van der Waals surface area contributed by atoms with Gasteiger partial charge in [-0.3, -0.25) is 4.79 Å². The van der Waals surface area contributed by atoms with Crippen molar-refractivity contribution in [3.63, 3.8) is 0 Å². The van der Waals surface area contributed by atoms with E-state index in [-0.39, 0.29) is 5.91 Å². The highest BCUT2D eigenvalue weighted by Gasteiger charge is 2.28. The van der Waals surface area contributed by atoms with Crippen LogP contribution in [0.15, 0.2) is 0 Å². The Balaban J connectivity index is 1.67. The maximum Gasteiger partial charge on any atom is 0.267 e. The quantitative estimate of drug-likeness (QED) is 0.765. The molecule has 1 unspecified atom stereocenters. The largest absolute Gasteiger partial charge is 0.382 e. The standard InChI is InChI=1S/C14H23N5OS/c1-16-7-9-3-2-6-19(8-9)13(20)11-12(15)18-14(21-11)17-10-4-5-10/h9-10,16H,2-8,15H2,1H3,(H,17,18). The number of thiazole rings is 1. The molecular formula is C14H23N5OS. The van der Waals surface area contributed by atoms with Crippen LogP contribution in [0.4, 0.5) is 10.9 Å². The Kier molecular flexibility index (Phi) is 4.30. The van der Waals surface area contributed by atoms with E-state index in [4.69, 9.17) is 5.73 Å². The number of nitrogens with zero attached hydrogens (tertiary/aromatic N) is 2. The van der Waals surface area contributed by atoms with Crippen molar-refractivity contribution in [2.24, 2.45) is 5.92 Å². The van der Waals surface area contributed by atoms with E-state index < -0.39 is 0 Å². The average Bonchev–Trinajstić information content (AvgIpc) is 3.21. The molecule has 1 aliphatic carbocycles. The van der Waals surface area contributed by atoms with Gasteiger partial charge in [-0.05, 0) is 45.2 Å². The van der Waals surface area contributed by atoms with Gasteiger partial charge in [-0.25, -0.2) is 4.98 Å². The molecule has 2 fully saturated rings. The number of piperidine rings is 1. The van der Waals surface area contributed by atoms with Gasteiger partial charge in [0.2, 0.25) is 0 Å². The van der Waals surface area contributed by atoms with Gasteiger partial charge < -0.3 is 21.3 Å². The minimum Gasteiger partial charge on any atom is -0.382 e. The molecular weight excluding hydrogens is 286 g/mol. The van der Waals surface area contributed by atoms with E-state index >= 15 is 0 Å². The molecule has 116 valence electrons. The van der Waals surface area contributed by atoms with Gasteiger partial charge in [0.1, 0.15) is 10.7 Å². The van der Waals surface area contributed by atoms with Crippen LogP contribution in [-0.4, -0.2) is 48.5 Å². The SMILES string of the molecule is CNCC1CCCN(C(=O)c2sc(NC3CC3)nc2N)C1. The molecule has 0 bridgehead atoms. The Labute approximate surface area is 129 Å². The third-order valence-electron chi connectivity index (χ3n) is 4.05. The second-order valence-electron chi connectivity index (χ2n) is 5.97. The van der Waals surface area contributed by atoms with Crippen molar-refractivity contribution in [3.8, 4) is 0 Å². The fourth-order valence-corrected chi connectivity index (χ4v) is 3.73. The molecule has 1 saturated heterocycles. The molecule has 0 radical (unpaired) electrons. The van der Waals surface area contributed by atoms with Crippen molar-refractivity contribution in [3.05, 3.63) is 4.88 Å². The molecule has 1 aromatic rings. The maximum absolute atomic E-state index is 12.7. The molecule has 6 nitrogen and oxygen atoms in total. The molecule has 0 spiro atoms. The zero-order valence-corrected chi connectivity index (χ0v) is 13.2. The van der Waals surface area contributed by atoms with Crippen molar-refractivity contribution in [1.29, 1.82) is 0 Å². The number of hydrogen-bond acceptors (Lipinski definition) is 6. The smallest absolute Gasteiger partial charge is 0.267 e. The summed E-state index contributed by atoms with van der Waals surface area (Å²) in [5, 5.41) is 7.29. The van der Waals surface area contributed by atoms with E-state index in [1.165, 1.54) is 30.6 Å². The number of carbonyl (C=O) groups excluding carboxylic acids is 1. The van der Waals surface area contributed by atoms with Crippen molar-refractivity contribution in [2.75, 3.05) is 37.7 Å². The molecule has 1 aromatic heterocycles. The van der Waals surface area contributed by atoms with Crippen LogP contribution in [0.3, 0.4) is 0 Å². The number of rotatable bonds is 5. The summed E-state index contributed by atoms with van der Waals surface area (Å²) in [6.07, 6.45) is 4.60. The normalized spacial score (nSPS) is 22.3. The number of aromatic nitrogens is 1. The summed E-state index contributed by atoms with van der Waals surface area (Å²) in [4.78, 5) is 19.5. The summed E-state index contributed by atoms with van der Waals surface area (Å²) in [6, 6.07) is 0.522. The molecule has 21 heavy (non-hydrogen) atoms. The van der Waals surface area contributed by atoms with Gasteiger partial charge in [-0.1, -0.05) is 11.3 Å². The number of carbonyl (C=O) groups is 1. The van der Waals surface area contributed by atoms with E-state index in [1.54, 1.807) is 0 Å². The van der Waals surface area contributed by atoms with Gasteiger partial charge in [0, 0.05) is 19.1 Å². The molecule has 2 heterocycles. The Morgan fingerprint density at radius 3 is 3.00 bits per heavy atom. The molecule has 3 rings (SSSR count). The van der Waals surface area contributed by atoms with Crippen molar-refractivity contribution in [2.45, 2.75) is 31.7 Å². The van der Waals surface area contributed by atoms with Gasteiger partial charge in [0.25, 0.3) is 5.91 Å². The second kappa shape index (κ2) is 6.19. The maximum atomic E-state index is 12.7. The van der Waals surface area contributed by atoms with Crippen LogP contribution in [0.25, 0.3) is 0 Å². The first-order valence-electron chi connectivity index (χ1n) is 7.64. The Morgan fingerprint density at radius 1 is 1.48 bits per heavy atom. The number of nitrogens with one attached hydrogen (secondary N) is 2. The van der Waals surface area contributed by atoms with Crippen LogP contribution in [0.2, 0.25) is 0 Å². The topological polar surface area (TPSA) is 83.3 Å². The first-order valence-corrected chi connectivity index (χ1v) is 8.45. The van der Waals surface area contributed by atoms with Gasteiger partial charge in [-0.15, -0.1) is 0 Å². The fraction of sp³-hybridized carbons (Fsp3) is 0.714. The lowest BCUT2D eigenvalue weighted by Gasteiger charge is -2.32. The Morgan fingerprint density at radius 2 is 2.29 bits per heavy atom. The van der Waals surface area contributed by atoms with E-state index in [9.17, 15) is 4.79 Å². The van der Waals surface area contributed by atoms with Gasteiger partial charge in [0.05, 0.1) is 0 Å². The second-order valence-corrected chi connectivity index (χ2v) is 6.97. The Bertz CT molecular complexity index is 511. The zero-order chi connectivity index (χ0) is 14.8. The molecule has 4 N–H and O–H groups in total. The van der Waals surface area contributed by atoms with Crippen LogP contribution in [-0.2, 0) is 0 Å². The number of likely N-dealkylation sites (tertiary alicyclic amines) is 1. The van der Waals surface area contributed by atoms with Gasteiger partial charge in [0.15, 0.2) is 5.13 Å². The van der Waals surface area contributed by atoms with Crippen LogP contribution in [0, 0.1) is 5.92 Å². The predicted octanol–water partition coefficient (Wildman–Crippen LogP) is 1.37. The van der Waals surface area contributed by atoms with Crippen molar-refractivity contribution in [1.82, 2.24) is 15.2 Å². The summed E-state index contributed by atoms with van der Waals surface area (Å²) in [6.45, 7) is 2.58. The minimum atomic E-state index is 0.0367. The number of anilines is 2. The van der Waals surface area contributed by atoms with E-state index in [2.05, 4.69) is 15.6 Å². The summed E-state index contributed by atoms with van der Waals surface area (Å²) < 4.78 is 0. The molecule has 1 amide bonds. The van der Waals surface area contributed by atoms with Crippen LogP contribution in [0.1, 0.15) is 35.4 Å². The van der Waals surface area contributed by atoms with Crippen LogP contribution in [0.5, 0.6) is 0 Å². The minimum absolute atomic E-state index is 0.0367. The van der Waals surface area contributed by atoms with E-state index in [0.717, 1.165) is 31.2 Å². The summed E-state index contributed by atoms with van der Waals surface area (Å²) >= 11 is 1.39. The highest BCUT2D eigenvalue weighted by molar-refractivity contribution is 7.18. The van der Waals surface area contributed by atoms with E-state index in [0.29, 0.717) is 22.7 Å². The van der Waals surface area contributed by atoms with Crippen molar-refractivity contribution < 1.29 is 4.79 Å². The molecule has 0 aromatic carbocycles. The highest BCUT2D eigenvalue weighted by atomic mass is 32.1. The lowest BCUT2D eigenvalue weighted by atomic mass is 9.98. The van der Waals surface area contributed by atoms with Gasteiger partial charge in [-0.2, -0.15) is 0 Å². The summed E-state index contributed by atoms with van der Waals surface area (Å²) in [5.74, 6) is 0.935. The molecule has 7 heteroatoms. The monoisotopic (exact) mass is 309 g/mol. The zero-order valence-electron chi connectivity index (χ0n) is 12.4. The number of nitrogens with two attached hydrogens (primary N) is 1.